The Morgan fingerprint density at radius 2 is 2.40 bits per heavy atom. The summed E-state index contributed by atoms with van der Waals surface area (Å²) in [6.07, 6.45) is 3.30. The number of aryl methyl sites for hydroxylation is 1. The normalized spacial score (nSPS) is 13.0. The Bertz CT molecular complexity index is 448. The van der Waals surface area contributed by atoms with E-state index in [4.69, 9.17) is 4.52 Å². The zero-order chi connectivity index (χ0) is 10.8. The van der Waals surface area contributed by atoms with Crippen molar-refractivity contribution in [1.29, 1.82) is 0 Å². The van der Waals surface area contributed by atoms with Gasteiger partial charge in [0.15, 0.2) is 0 Å². The number of aliphatic hydroxyl groups excluding tert-OH is 1. The molecule has 2 aromatic heterocycles. The molecule has 0 saturated carbocycles. The maximum atomic E-state index is 9.48. The number of hydrogen-bond acceptors (Lipinski definition) is 5. The van der Waals surface area contributed by atoms with E-state index >= 15 is 0 Å². The summed E-state index contributed by atoms with van der Waals surface area (Å²) in [6.45, 7) is 1.85. The summed E-state index contributed by atoms with van der Waals surface area (Å²) in [5.41, 5.74) is 0.611. The van der Waals surface area contributed by atoms with Crippen LogP contribution in [-0.4, -0.2) is 24.8 Å². The molecule has 0 radical (unpaired) electrons. The standard InChI is InChI=1S/C9H12N4O2/c1-3-7(14)8-11-9(15-12-8)6-4-13(2)5-10-6/h4-5,7,14H,3H2,1-2H3. The van der Waals surface area contributed by atoms with Crippen molar-refractivity contribution in [1.82, 2.24) is 19.7 Å². The van der Waals surface area contributed by atoms with E-state index < -0.39 is 6.10 Å². The average Bonchev–Trinajstić information content (AvgIpc) is 2.84. The van der Waals surface area contributed by atoms with Gasteiger partial charge in [-0.2, -0.15) is 4.98 Å². The minimum absolute atomic E-state index is 0.304. The van der Waals surface area contributed by atoms with Crippen LogP contribution < -0.4 is 0 Å². The monoisotopic (exact) mass is 208 g/mol. The van der Waals surface area contributed by atoms with Gasteiger partial charge in [-0.15, -0.1) is 0 Å². The van der Waals surface area contributed by atoms with Crippen LogP contribution in [-0.2, 0) is 7.05 Å². The molecular formula is C9H12N4O2. The van der Waals surface area contributed by atoms with Gasteiger partial charge in [-0.05, 0) is 6.42 Å². The molecular weight excluding hydrogens is 196 g/mol. The second-order valence-corrected chi connectivity index (χ2v) is 3.31. The minimum atomic E-state index is -0.675. The van der Waals surface area contributed by atoms with E-state index in [1.165, 1.54) is 0 Å². The van der Waals surface area contributed by atoms with Crippen LogP contribution in [0.15, 0.2) is 17.0 Å². The van der Waals surface area contributed by atoms with E-state index in [1.54, 1.807) is 17.1 Å². The second kappa shape index (κ2) is 3.82. The Morgan fingerprint density at radius 1 is 1.60 bits per heavy atom. The number of nitrogens with zero attached hydrogens (tertiary/aromatic N) is 4. The summed E-state index contributed by atoms with van der Waals surface area (Å²) in [4.78, 5) is 8.13. The number of rotatable bonds is 3. The molecule has 0 bridgehead atoms. The van der Waals surface area contributed by atoms with Crippen LogP contribution in [0.1, 0.15) is 25.3 Å². The van der Waals surface area contributed by atoms with Crippen LogP contribution in [0.4, 0.5) is 0 Å². The molecule has 2 rings (SSSR count). The van der Waals surface area contributed by atoms with Crippen molar-refractivity contribution in [2.75, 3.05) is 0 Å². The smallest absolute Gasteiger partial charge is 0.278 e. The molecule has 15 heavy (non-hydrogen) atoms. The molecule has 0 spiro atoms. The molecule has 1 atom stereocenters. The maximum Gasteiger partial charge on any atom is 0.278 e. The molecule has 0 aliphatic carbocycles. The number of hydrogen-bond donors (Lipinski definition) is 1. The van der Waals surface area contributed by atoms with Crippen molar-refractivity contribution in [3.63, 3.8) is 0 Å². The summed E-state index contributed by atoms with van der Waals surface area (Å²) >= 11 is 0. The molecule has 0 saturated heterocycles. The molecule has 0 aliphatic heterocycles. The van der Waals surface area contributed by atoms with Crippen LogP contribution in [0.5, 0.6) is 0 Å². The summed E-state index contributed by atoms with van der Waals surface area (Å²) < 4.78 is 6.78. The van der Waals surface area contributed by atoms with Gasteiger partial charge in [0.1, 0.15) is 11.8 Å². The SMILES string of the molecule is CCC(O)c1noc(-c2cn(C)cn2)n1. The highest BCUT2D eigenvalue weighted by atomic mass is 16.5. The van der Waals surface area contributed by atoms with Gasteiger partial charge in [-0.3, -0.25) is 0 Å². The molecule has 0 fully saturated rings. The van der Waals surface area contributed by atoms with Gasteiger partial charge >= 0.3 is 0 Å². The lowest BCUT2D eigenvalue weighted by molar-refractivity contribution is 0.159. The first kappa shape index (κ1) is 9.85. The van der Waals surface area contributed by atoms with Crippen LogP contribution in [0.25, 0.3) is 11.6 Å². The fraction of sp³-hybridized carbons (Fsp3) is 0.444. The Morgan fingerprint density at radius 3 is 3.00 bits per heavy atom. The molecule has 2 heterocycles. The number of aliphatic hydroxyl groups is 1. The van der Waals surface area contributed by atoms with E-state index in [-0.39, 0.29) is 0 Å². The molecule has 80 valence electrons. The van der Waals surface area contributed by atoms with E-state index in [0.29, 0.717) is 23.8 Å². The van der Waals surface area contributed by atoms with Crippen LogP contribution in [0.3, 0.4) is 0 Å². The Labute approximate surface area is 86.6 Å². The van der Waals surface area contributed by atoms with Crippen LogP contribution >= 0.6 is 0 Å². The van der Waals surface area contributed by atoms with E-state index in [0.717, 1.165) is 0 Å². The first-order chi connectivity index (χ1) is 7.20. The molecule has 0 amide bonds. The van der Waals surface area contributed by atoms with Gasteiger partial charge in [0, 0.05) is 13.2 Å². The predicted molar refractivity (Wildman–Crippen MR) is 51.8 cm³/mol. The molecule has 1 N–H and O–H groups in total. The van der Waals surface area contributed by atoms with Crippen molar-refractivity contribution >= 4 is 0 Å². The third kappa shape index (κ3) is 1.89. The lowest BCUT2D eigenvalue weighted by Crippen LogP contribution is -1.97. The highest BCUT2D eigenvalue weighted by molar-refractivity contribution is 5.44. The largest absolute Gasteiger partial charge is 0.385 e. The second-order valence-electron chi connectivity index (χ2n) is 3.31. The van der Waals surface area contributed by atoms with Gasteiger partial charge in [-0.25, -0.2) is 4.98 Å². The zero-order valence-corrected chi connectivity index (χ0v) is 8.58. The predicted octanol–water partition coefficient (Wildman–Crippen LogP) is 0.913. The number of imidazole rings is 1. The van der Waals surface area contributed by atoms with E-state index in [9.17, 15) is 5.11 Å². The Kier molecular flexibility index (Phi) is 2.51. The summed E-state index contributed by atoms with van der Waals surface area (Å²) in [5, 5.41) is 13.2. The summed E-state index contributed by atoms with van der Waals surface area (Å²) in [6, 6.07) is 0. The summed E-state index contributed by atoms with van der Waals surface area (Å²) in [7, 11) is 1.86. The third-order valence-electron chi connectivity index (χ3n) is 2.05. The van der Waals surface area contributed by atoms with Crippen LogP contribution in [0.2, 0.25) is 0 Å². The molecule has 2 aromatic rings. The highest BCUT2D eigenvalue weighted by Crippen LogP contribution is 2.18. The lowest BCUT2D eigenvalue weighted by atomic mass is 10.3. The quantitative estimate of drug-likeness (QED) is 0.811. The van der Waals surface area contributed by atoms with Crippen molar-refractivity contribution < 1.29 is 9.63 Å². The van der Waals surface area contributed by atoms with Gasteiger partial charge in [0.2, 0.25) is 5.82 Å². The Hall–Kier alpha value is -1.69. The van der Waals surface area contributed by atoms with E-state index in [1.807, 2.05) is 14.0 Å². The molecule has 0 aromatic carbocycles. The first-order valence-corrected chi connectivity index (χ1v) is 4.70. The third-order valence-corrected chi connectivity index (χ3v) is 2.05. The van der Waals surface area contributed by atoms with Gasteiger partial charge in [-0.1, -0.05) is 12.1 Å². The fourth-order valence-corrected chi connectivity index (χ4v) is 1.18. The number of aromatic nitrogens is 4. The Balaban J connectivity index is 2.27. The minimum Gasteiger partial charge on any atom is -0.385 e. The zero-order valence-electron chi connectivity index (χ0n) is 8.58. The molecule has 0 aliphatic rings. The molecule has 6 heteroatoms. The van der Waals surface area contributed by atoms with Gasteiger partial charge in [0.05, 0.1) is 6.33 Å². The topological polar surface area (TPSA) is 77.0 Å². The van der Waals surface area contributed by atoms with Crippen LogP contribution in [0, 0.1) is 0 Å². The van der Waals surface area contributed by atoms with Crippen molar-refractivity contribution in [3.8, 4) is 11.6 Å². The van der Waals surface area contributed by atoms with Crippen molar-refractivity contribution in [2.45, 2.75) is 19.4 Å². The van der Waals surface area contributed by atoms with Gasteiger partial charge < -0.3 is 14.2 Å². The van der Waals surface area contributed by atoms with Crippen molar-refractivity contribution in [2.24, 2.45) is 7.05 Å². The molecule has 1 unspecified atom stereocenters. The highest BCUT2D eigenvalue weighted by Gasteiger charge is 2.15. The average molecular weight is 208 g/mol. The summed E-state index contributed by atoms with van der Waals surface area (Å²) in [5.74, 6) is 0.635. The molecule has 6 nitrogen and oxygen atoms in total. The van der Waals surface area contributed by atoms with Crippen molar-refractivity contribution in [3.05, 3.63) is 18.3 Å². The maximum absolute atomic E-state index is 9.48. The fourth-order valence-electron chi connectivity index (χ4n) is 1.18. The van der Waals surface area contributed by atoms with E-state index in [2.05, 4.69) is 15.1 Å². The first-order valence-electron chi connectivity index (χ1n) is 4.70. The lowest BCUT2D eigenvalue weighted by Gasteiger charge is -1.97. The van der Waals surface area contributed by atoms with Gasteiger partial charge in [0.25, 0.3) is 5.89 Å².